The van der Waals surface area contributed by atoms with Gasteiger partial charge in [0.25, 0.3) is 10.0 Å². The summed E-state index contributed by atoms with van der Waals surface area (Å²) in [6.07, 6.45) is 2.25. The summed E-state index contributed by atoms with van der Waals surface area (Å²) in [6.45, 7) is 2.05. The number of benzene rings is 3. The van der Waals surface area contributed by atoms with Crippen LogP contribution in [0, 0.1) is 0 Å². The monoisotopic (exact) mass is 591 g/mol. The Morgan fingerprint density at radius 1 is 1.00 bits per heavy atom. The zero-order valence-corrected chi connectivity index (χ0v) is 23.5. The second-order valence-electron chi connectivity index (χ2n) is 9.73. The highest BCUT2D eigenvalue weighted by Crippen LogP contribution is 2.38. The lowest BCUT2D eigenvalue weighted by Crippen LogP contribution is -2.35. The smallest absolute Gasteiger partial charge is 0.306 e. The zero-order chi connectivity index (χ0) is 29.9. The van der Waals surface area contributed by atoms with E-state index in [1.165, 1.54) is 12.1 Å². The summed E-state index contributed by atoms with van der Waals surface area (Å²) in [6, 6.07) is 16.2. The maximum atomic E-state index is 13.8. The molecule has 1 aromatic heterocycles. The molecule has 3 aromatic carbocycles. The second kappa shape index (κ2) is 12.0. The summed E-state index contributed by atoms with van der Waals surface area (Å²) >= 11 is 0. The lowest BCUT2D eigenvalue weighted by atomic mass is 9.90. The Morgan fingerprint density at radius 2 is 1.74 bits per heavy atom. The lowest BCUT2D eigenvalue weighted by molar-refractivity contribution is -0.143. The van der Waals surface area contributed by atoms with Gasteiger partial charge in [-0.25, -0.2) is 13.1 Å². The first-order valence-electron chi connectivity index (χ1n) is 13.2. The van der Waals surface area contributed by atoms with E-state index in [1.54, 1.807) is 61.7 Å². The van der Waals surface area contributed by atoms with E-state index >= 15 is 0 Å². The minimum Gasteiger partial charge on any atom is -0.466 e. The van der Waals surface area contributed by atoms with Gasteiger partial charge in [0.15, 0.2) is 11.5 Å². The molecule has 12 heteroatoms. The van der Waals surface area contributed by atoms with Crippen molar-refractivity contribution in [1.29, 1.82) is 0 Å². The van der Waals surface area contributed by atoms with Gasteiger partial charge in [-0.2, -0.15) is 0 Å². The summed E-state index contributed by atoms with van der Waals surface area (Å²) in [4.78, 5) is 39.9. The third-order valence-corrected chi connectivity index (χ3v) is 8.21. The Kier molecular flexibility index (Phi) is 8.16. The number of sulfonamides is 1. The number of esters is 1. The highest BCUT2D eigenvalue weighted by molar-refractivity contribution is 7.90. The first-order chi connectivity index (χ1) is 20.1. The number of nitrogens with two attached hydrogens (primary N) is 1. The van der Waals surface area contributed by atoms with Crippen molar-refractivity contribution in [3.8, 4) is 11.5 Å². The summed E-state index contributed by atoms with van der Waals surface area (Å²) in [5.74, 6) is -1.68. The van der Waals surface area contributed by atoms with Crippen LogP contribution in [0.1, 0.15) is 41.5 Å². The molecule has 0 saturated heterocycles. The van der Waals surface area contributed by atoms with Crippen LogP contribution in [0.4, 0.5) is 0 Å². The van der Waals surface area contributed by atoms with Gasteiger partial charge >= 0.3 is 5.97 Å². The average Bonchev–Trinajstić information content (AvgIpc) is 3.59. The largest absolute Gasteiger partial charge is 0.466 e. The van der Waals surface area contributed by atoms with Crippen LogP contribution in [0.15, 0.2) is 71.8 Å². The molecule has 0 radical (unpaired) electrons. The van der Waals surface area contributed by atoms with Crippen molar-refractivity contribution in [3.63, 3.8) is 0 Å². The molecule has 4 N–H and O–H groups in total. The summed E-state index contributed by atoms with van der Waals surface area (Å²) in [7, 11) is -4.25. The molecule has 218 valence electrons. The van der Waals surface area contributed by atoms with Gasteiger partial charge in [-0.1, -0.05) is 30.3 Å². The molecule has 11 nitrogen and oxygen atoms in total. The van der Waals surface area contributed by atoms with Gasteiger partial charge in [0, 0.05) is 23.5 Å². The number of rotatable bonds is 11. The molecule has 0 saturated carbocycles. The third kappa shape index (κ3) is 6.23. The van der Waals surface area contributed by atoms with Gasteiger partial charge < -0.3 is 24.9 Å². The number of H-pyrrole nitrogens is 1. The fourth-order valence-electron chi connectivity index (χ4n) is 4.88. The van der Waals surface area contributed by atoms with E-state index in [0.717, 1.165) is 5.56 Å². The molecule has 1 aliphatic heterocycles. The Morgan fingerprint density at radius 3 is 2.48 bits per heavy atom. The molecular formula is C30H29N3O8S. The molecule has 5 rings (SSSR count). The number of primary amides is 1. The normalized spacial score (nSPS) is 13.1. The number of carbonyl (C=O) groups is 3. The topological polar surface area (TPSA) is 167 Å². The predicted octanol–water partition coefficient (Wildman–Crippen LogP) is 3.06. The van der Waals surface area contributed by atoms with Crippen molar-refractivity contribution in [2.45, 2.75) is 37.0 Å². The molecule has 4 aromatic rings. The Labute approximate surface area is 242 Å². The van der Waals surface area contributed by atoms with E-state index in [-0.39, 0.29) is 37.1 Å². The molecule has 2 amide bonds. The average molecular weight is 592 g/mol. The Balaban J connectivity index is 1.44. The van der Waals surface area contributed by atoms with E-state index in [9.17, 15) is 22.8 Å². The number of aromatic nitrogens is 1. The number of hydrogen-bond donors (Lipinski definition) is 3. The van der Waals surface area contributed by atoms with Gasteiger partial charge in [0.1, 0.15) is 0 Å². The quantitative estimate of drug-likeness (QED) is 0.224. The van der Waals surface area contributed by atoms with Crippen LogP contribution in [-0.4, -0.2) is 44.6 Å². The van der Waals surface area contributed by atoms with Crippen molar-refractivity contribution < 1.29 is 37.0 Å². The van der Waals surface area contributed by atoms with E-state index in [2.05, 4.69) is 9.71 Å². The summed E-state index contributed by atoms with van der Waals surface area (Å²) in [5.41, 5.74) is 8.45. The number of nitrogens with one attached hydrogen (secondary N) is 2. The Hall–Kier alpha value is -4.84. The van der Waals surface area contributed by atoms with Crippen LogP contribution >= 0.6 is 0 Å². The van der Waals surface area contributed by atoms with Gasteiger partial charge in [-0.3, -0.25) is 14.4 Å². The van der Waals surface area contributed by atoms with Crippen molar-refractivity contribution in [3.05, 3.63) is 89.1 Å². The third-order valence-electron chi connectivity index (χ3n) is 6.85. The number of ether oxygens (including phenoxy) is 3. The van der Waals surface area contributed by atoms with Crippen LogP contribution < -0.4 is 19.9 Å². The van der Waals surface area contributed by atoms with E-state index in [1.807, 2.05) is 0 Å². The molecule has 1 unspecified atom stereocenters. The standard InChI is InChI=1S/C30H29N3O8S/c1-2-39-28(35)12-6-18-3-8-21(9-4-18)42(37,38)33-30(36)29(20-7-11-25-26(15-20)41-17-40-25)23-16-32-24-13-19(14-27(31)34)5-10-22(23)24/h3-5,7-11,13,15-16,29,32H,2,6,12,14,17H2,1H3,(H2,31,34)(H,33,36). The molecule has 1 aliphatic rings. The van der Waals surface area contributed by atoms with Crippen molar-refractivity contribution >= 4 is 38.7 Å². The number of amides is 2. The molecule has 42 heavy (non-hydrogen) atoms. The van der Waals surface area contributed by atoms with Crippen molar-refractivity contribution in [1.82, 2.24) is 9.71 Å². The summed E-state index contributed by atoms with van der Waals surface area (Å²) in [5, 5.41) is 0.671. The molecular weight excluding hydrogens is 562 g/mol. The number of aromatic amines is 1. The molecule has 0 spiro atoms. The molecule has 0 fully saturated rings. The van der Waals surface area contributed by atoms with E-state index in [4.69, 9.17) is 19.9 Å². The van der Waals surface area contributed by atoms with Gasteiger partial charge in [0.2, 0.25) is 18.6 Å². The van der Waals surface area contributed by atoms with Crippen molar-refractivity contribution in [2.75, 3.05) is 13.4 Å². The van der Waals surface area contributed by atoms with Crippen molar-refractivity contribution in [2.24, 2.45) is 5.73 Å². The highest BCUT2D eigenvalue weighted by Gasteiger charge is 2.31. The minimum atomic E-state index is -4.25. The first-order valence-corrected chi connectivity index (χ1v) is 14.7. The molecule has 0 aliphatic carbocycles. The highest BCUT2D eigenvalue weighted by atomic mass is 32.2. The SMILES string of the molecule is CCOC(=O)CCc1ccc(S(=O)(=O)NC(=O)C(c2ccc3c(c2)OCO3)c2c[nH]c3cc(CC(N)=O)ccc23)cc1. The minimum absolute atomic E-state index is 0.0372. The first kappa shape index (κ1) is 28.7. The van der Waals surface area contributed by atoms with Crippen LogP contribution in [0.2, 0.25) is 0 Å². The number of fused-ring (bicyclic) bond motifs is 2. The lowest BCUT2D eigenvalue weighted by Gasteiger charge is -2.18. The van der Waals surface area contributed by atoms with Crippen LogP contribution in [0.5, 0.6) is 11.5 Å². The van der Waals surface area contributed by atoms with Gasteiger partial charge in [-0.05, 0) is 65.9 Å². The molecule has 0 bridgehead atoms. The van der Waals surface area contributed by atoms with Gasteiger partial charge in [-0.15, -0.1) is 0 Å². The molecule has 2 heterocycles. The summed E-state index contributed by atoms with van der Waals surface area (Å²) < 4.78 is 44.7. The Bertz CT molecular complexity index is 1760. The number of carbonyl (C=O) groups excluding carboxylic acids is 3. The zero-order valence-electron chi connectivity index (χ0n) is 22.7. The number of hydrogen-bond acceptors (Lipinski definition) is 8. The maximum absolute atomic E-state index is 13.8. The predicted molar refractivity (Wildman–Crippen MR) is 152 cm³/mol. The van der Waals surface area contributed by atoms with E-state index < -0.39 is 27.8 Å². The number of aryl methyl sites for hydroxylation is 1. The van der Waals surface area contributed by atoms with Gasteiger partial charge in [0.05, 0.1) is 23.8 Å². The maximum Gasteiger partial charge on any atom is 0.306 e. The van der Waals surface area contributed by atoms with Crippen LogP contribution in [0.3, 0.4) is 0 Å². The van der Waals surface area contributed by atoms with E-state index in [0.29, 0.717) is 45.5 Å². The van der Waals surface area contributed by atoms with Crippen LogP contribution in [-0.2, 0) is 42.0 Å². The van der Waals surface area contributed by atoms with Crippen LogP contribution in [0.25, 0.3) is 10.9 Å². The fourth-order valence-corrected chi connectivity index (χ4v) is 5.87. The second-order valence-corrected chi connectivity index (χ2v) is 11.4. The molecule has 1 atom stereocenters. The fraction of sp³-hybridized carbons (Fsp3) is 0.233.